The number of hydrogen-bond acceptors (Lipinski definition) is 3. The molecule has 5 heteroatoms. The van der Waals surface area contributed by atoms with E-state index >= 15 is 0 Å². The fourth-order valence-corrected chi connectivity index (χ4v) is 1.34. The Morgan fingerprint density at radius 2 is 2.24 bits per heavy atom. The first-order valence-electron chi connectivity index (χ1n) is 5.32. The summed E-state index contributed by atoms with van der Waals surface area (Å²) in [5, 5.41) is 0. The molecule has 17 heavy (non-hydrogen) atoms. The monoisotopic (exact) mass is 240 g/mol. The second-order valence-electron chi connectivity index (χ2n) is 3.85. The summed E-state index contributed by atoms with van der Waals surface area (Å²) in [5.41, 5.74) is 5.49. The number of methoxy groups -OCH3 is 1. The third kappa shape index (κ3) is 2.94. The molecule has 4 nitrogen and oxygen atoms in total. The standard InChI is InChI=1S/C12H17FN2O2/c1-8(7-14)15(2)12(16)10-5-4-9(17-3)6-11(10)13/h4-6,8H,7,14H2,1-3H3. The highest BCUT2D eigenvalue weighted by molar-refractivity contribution is 5.94. The van der Waals surface area contributed by atoms with Crippen molar-refractivity contribution < 1.29 is 13.9 Å². The summed E-state index contributed by atoms with van der Waals surface area (Å²) < 4.78 is 18.5. The summed E-state index contributed by atoms with van der Waals surface area (Å²) in [6.07, 6.45) is 0. The molecule has 0 saturated carbocycles. The van der Waals surface area contributed by atoms with Crippen molar-refractivity contribution >= 4 is 5.91 Å². The van der Waals surface area contributed by atoms with Gasteiger partial charge in [0.15, 0.2) is 0 Å². The number of ether oxygens (including phenoxy) is 1. The van der Waals surface area contributed by atoms with Crippen LogP contribution < -0.4 is 10.5 Å². The fraction of sp³-hybridized carbons (Fsp3) is 0.417. The van der Waals surface area contributed by atoms with E-state index in [1.807, 2.05) is 0 Å². The Hall–Kier alpha value is -1.62. The minimum absolute atomic E-state index is 0.0219. The lowest BCUT2D eigenvalue weighted by Gasteiger charge is -2.23. The first-order chi connectivity index (χ1) is 8.01. The number of carbonyl (C=O) groups excluding carboxylic acids is 1. The Bertz CT molecular complexity index is 409. The largest absolute Gasteiger partial charge is 0.497 e. The second-order valence-corrected chi connectivity index (χ2v) is 3.85. The molecule has 1 amide bonds. The van der Waals surface area contributed by atoms with E-state index in [-0.39, 0.29) is 17.5 Å². The van der Waals surface area contributed by atoms with Gasteiger partial charge in [0.1, 0.15) is 11.6 Å². The van der Waals surface area contributed by atoms with Crippen LogP contribution in [-0.2, 0) is 0 Å². The van der Waals surface area contributed by atoms with Gasteiger partial charge in [0.05, 0.1) is 12.7 Å². The van der Waals surface area contributed by atoms with Gasteiger partial charge < -0.3 is 15.4 Å². The van der Waals surface area contributed by atoms with Crippen molar-refractivity contribution in [3.05, 3.63) is 29.6 Å². The van der Waals surface area contributed by atoms with E-state index in [4.69, 9.17) is 10.5 Å². The average Bonchev–Trinajstić information content (AvgIpc) is 2.35. The minimum atomic E-state index is -0.592. The molecule has 0 aliphatic carbocycles. The number of amides is 1. The summed E-state index contributed by atoms with van der Waals surface area (Å²) in [4.78, 5) is 13.4. The highest BCUT2D eigenvalue weighted by Gasteiger charge is 2.19. The number of halogens is 1. The maximum absolute atomic E-state index is 13.7. The molecule has 1 aromatic rings. The first-order valence-corrected chi connectivity index (χ1v) is 5.32. The van der Waals surface area contributed by atoms with Gasteiger partial charge in [0.25, 0.3) is 5.91 Å². The van der Waals surface area contributed by atoms with Crippen LogP contribution in [-0.4, -0.2) is 37.6 Å². The Morgan fingerprint density at radius 1 is 1.59 bits per heavy atom. The Balaban J connectivity index is 2.96. The van der Waals surface area contributed by atoms with Crippen molar-refractivity contribution in [3.63, 3.8) is 0 Å². The first kappa shape index (κ1) is 13.4. The molecule has 1 aromatic carbocycles. The van der Waals surface area contributed by atoms with Crippen LogP contribution >= 0.6 is 0 Å². The summed E-state index contributed by atoms with van der Waals surface area (Å²) in [7, 11) is 3.04. The number of hydrogen-bond donors (Lipinski definition) is 1. The zero-order valence-electron chi connectivity index (χ0n) is 10.2. The third-order valence-corrected chi connectivity index (χ3v) is 2.73. The highest BCUT2D eigenvalue weighted by atomic mass is 19.1. The topological polar surface area (TPSA) is 55.6 Å². The second kappa shape index (κ2) is 5.63. The van der Waals surface area contributed by atoms with E-state index in [0.29, 0.717) is 12.3 Å². The number of benzene rings is 1. The molecule has 0 spiro atoms. The van der Waals surface area contributed by atoms with Gasteiger partial charge in [-0.1, -0.05) is 0 Å². The molecule has 1 unspecified atom stereocenters. The maximum atomic E-state index is 13.7. The van der Waals surface area contributed by atoms with Crippen LogP contribution in [0.15, 0.2) is 18.2 Å². The van der Waals surface area contributed by atoms with Crippen molar-refractivity contribution in [3.8, 4) is 5.75 Å². The van der Waals surface area contributed by atoms with Crippen molar-refractivity contribution in [2.24, 2.45) is 5.73 Å². The van der Waals surface area contributed by atoms with Crippen LogP contribution in [0.4, 0.5) is 4.39 Å². The molecule has 0 aliphatic heterocycles. The number of likely N-dealkylation sites (N-methyl/N-ethyl adjacent to an activating group) is 1. The fourth-order valence-electron chi connectivity index (χ4n) is 1.34. The summed E-state index contributed by atoms with van der Waals surface area (Å²) in [6, 6.07) is 4.02. The zero-order chi connectivity index (χ0) is 13.0. The molecule has 1 rings (SSSR count). The van der Waals surface area contributed by atoms with E-state index in [0.717, 1.165) is 0 Å². The van der Waals surface area contributed by atoms with E-state index < -0.39 is 5.82 Å². The normalized spacial score (nSPS) is 12.1. The SMILES string of the molecule is COc1ccc(C(=O)N(C)C(C)CN)c(F)c1. The van der Waals surface area contributed by atoms with Crippen LogP contribution in [0.2, 0.25) is 0 Å². The van der Waals surface area contributed by atoms with Crippen molar-refractivity contribution in [2.45, 2.75) is 13.0 Å². The molecular formula is C12H17FN2O2. The average molecular weight is 240 g/mol. The maximum Gasteiger partial charge on any atom is 0.256 e. The molecule has 94 valence electrons. The molecule has 1 atom stereocenters. The molecule has 0 saturated heterocycles. The lowest BCUT2D eigenvalue weighted by Crippen LogP contribution is -2.40. The third-order valence-electron chi connectivity index (χ3n) is 2.73. The van der Waals surface area contributed by atoms with E-state index in [2.05, 4.69) is 0 Å². The van der Waals surface area contributed by atoms with E-state index in [9.17, 15) is 9.18 Å². The van der Waals surface area contributed by atoms with Gasteiger partial charge >= 0.3 is 0 Å². The van der Waals surface area contributed by atoms with Gasteiger partial charge in [-0.2, -0.15) is 0 Å². The summed E-state index contributed by atoms with van der Waals surface area (Å²) >= 11 is 0. The predicted octanol–water partition coefficient (Wildman–Crippen LogP) is 1.25. The Labute approximate surface area is 100 Å². The molecule has 0 heterocycles. The molecule has 0 aliphatic rings. The van der Waals surface area contributed by atoms with Crippen LogP contribution in [0, 0.1) is 5.82 Å². The van der Waals surface area contributed by atoms with Crippen molar-refractivity contribution in [1.82, 2.24) is 4.90 Å². The Morgan fingerprint density at radius 3 is 2.71 bits per heavy atom. The molecule has 0 fully saturated rings. The summed E-state index contributed by atoms with van der Waals surface area (Å²) in [5.74, 6) is -0.595. The molecule has 0 bridgehead atoms. The van der Waals surface area contributed by atoms with Gasteiger partial charge in [0, 0.05) is 25.7 Å². The lowest BCUT2D eigenvalue weighted by atomic mass is 10.1. The van der Waals surface area contributed by atoms with Gasteiger partial charge in [-0.15, -0.1) is 0 Å². The van der Waals surface area contributed by atoms with Crippen LogP contribution in [0.3, 0.4) is 0 Å². The van der Waals surface area contributed by atoms with Gasteiger partial charge in [-0.25, -0.2) is 4.39 Å². The van der Waals surface area contributed by atoms with Crippen LogP contribution in [0.1, 0.15) is 17.3 Å². The molecule has 0 radical (unpaired) electrons. The van der Waals surface area contributed by atoms with Gasteiger partial charge in [-0.05, 0) is 19.1 Å². The number of carbonyl (C=O) groups is 1. The van der Waals surface area contributed by atoms with E-state index in [1.165, 1.54) is 24.1 Å². The zero-order valence-corrected chi connectivity index (χ0v) is 10.2. The van der Waals surface area contributed by atoms with Crippen molar-refractivity contribution in [1.29, 1.82) is 0 Å². The predicted molar refractivity (Wildman–Crippen MR) is 63.6 cm³/mol. The molecule has 2 N–H and O–H groups in total. The lowest BCUT2D eigenvalue weighted by molar-refractivity contribution is 0.0743. The number of nitrogens with zero attached hydrogens (tertiary/aromatic N) is 1. The molecular weight excluding hydrogens is 223 g/mol. The smallest absolute Gasteiger partial charge is 0.256 e. The Kier molecular flexibility index (Phi) is 4.45. The number of rotatable bonds is 4. The van der Waals surface area contributed by atoms with Gasteiger partial charge in [-0.3, -0.25) is 4.79 Å². The van der Waals surface area contributed by atoms with Crippen LogP contribution in [0.5, 0.6) is 5.75 Å². The highest BCUT2D eigenvalue weighted by Crippen LogP contribution is 2.17. The quantitative estimate of drug-likeness (QED) is 0.861. The molecule has 0 aromatic heterocycles. The minimum Gasteiger partial charge on any atom is -0.497 e. The van der Waals surface area contributed by atoms with Crippen LogP contribution in [0.25, 0.3) is 0 Å². The summed E-state index contributed by atoms with van der Waals surface area (Å²) in [6.45, 7) is 2.14. The van der Waals surface area contributed by atoms with Gasteiger partial charge in [0.2, 0.25) is 0 Å². The van der Waals surface area contributed by atoms with Crippen molar-refractivity contribution in [2.75, 3.05) is 20.7 Å². The number of nitrogens with two attached hydrogens (primary N) is 1. The van der Waals surface area contributed by atoms with E-state index in [1.54, 1.807) is 20.0 Å².